The number of carbonyl (C=O) groups excluding carboxylic acids is 2. The number of anilines is 1. The van der Waals surface area contributed by atoms with E-state index >= 15 is 0 Å². The van der Waals surface area contributed by atoms with Crippen molar-refractivity contribution in [3.8, 4) is 0 Å². The molecule has 23 heavy (non-hydrogen) atoms. The summed E-state index contributed by atoms with van der Waals surface area (Å²) >= 11 is 0. The van der Waals surface area contributed by atoms with E-state index in [-0.39, 0.29) is 18.4 Å². The number of carbonyl (C=O) groups is 2. The summed E-state index contributed by atoms with van der Waals surface area (Å²) in [4.78, 5) is 26.1. The van der Waals surface area contributed by atoms with Gasteiger partial charge in [-0.25, -0.2) is 0 Å². The normalized spacial score (nSPS) is 13.7. The molecule has 2 rings (SSSR count). The van der Waals surface area contributed by atoms with E-state index < -0.39 is 0 Å². The summed E-state index contributed by atoms with van der Waals surface area (Å²) < 4.78 is 0. The summed E-state index contributed by atoms with van der Waals surface area (Å²) in [5.74, 6) is 0.586. The fourth-order valence-electron chi connectivity index (χ4n) is 2.46. The Hall–Kier alpha value is -1.88. The smallest absolute Gasteiger partial charge is 0.244 e. The van der Waals surface area contributed by atoms with Crippen LogP contribution in [0.15, 0.2) is 24.3 Å². The van der Waals surface area contributed by atoms with Crippen LogP contribution in [0.5, 0.6) is 0 Å². The van der Waals surface area contributed by atoms with Gasteiger partial charge in [-0.1, -0.05) is 25.1 Å². The third-order valence-electron chi connectivity index (χ3n) is 4.01. The van der Waals surface area contributed by atoms with Crippen LogP contribution in [0, 0.1) is 12.8 Å². The molecule has 0 spiro atoms. The van der Waals surface area contributed by atoms with Crippen molar-refractivity contribution in [2.24, 2.45) is 5.92 Å². The van der Waals surface area contributed by atoms with Crippen molar-refractivity contribution >= 4 is 17.5 Å². The molecule has 1 aromatic carbocycles. The lowest BCUT2D eigenvalue weighted by Gasteiger charge is -2.22. The molecule has 0 aromatic heterocycles. The van der Waals surface area contributed by atoms with Gasteiger partial charge in [0.25, 0.3) is 0 Å². The van der Waals surface area contributed by atoms with E-state index in [0.717, 1.165) is 30.1 Å². The molecule has 1 saturated carbocycles. The number of amides is 2. The monoisotopic (exact) mass is 317 g/mol. The molecule has 0 unspecified atom stereocenters. The lowest BCUT2D eigenvalue weighted by molar-refractivity contribution is -0.133. The van der Waals surface area contributed by atoms with Gasteiger partial charge in [-0.15, -0.1) is 0 Å². The van der Waals surface area contributed by atoms with Crippen LogP contribution in [-0.2, 0) is 9.59 Å². The highest BCUT2D eigenvalue weighted by Gasteiger charge is 2.22. The van der Waals surface area contributed by atoms with E-state index in [1.807, 2.05) is 38.1 Å². The second-order valence-electron chi connectivity index (χ2n) is 6.25. The highest BCUT2D eigenvalue weighted by atomic mass is 16.2. The summed E-state index contributed by atoms with van der Waals surface area (Å²) in [5.41, 5.74) is 1.81. The Balaban J connectivity index is 1.82. The first-order valence-electron chi connectivity index (χ1n) is 8.44. The molecule has 0 radical (unpaired) electrons. The molecule has 2 amide bonds. The molecule has 5 heteroatoms. The van der Waals surface area contributed by atoms with Crippen molar-refractivity contribution in [2.45, 2.75) is 33.1 Å². The van der Waals surface area contributed by atoms with E-state index in [2.05, 4.69) is 10.6 Å². The van der Waals surface area contributed by atoms with Gasteiger partial charge in [0.05, 0.1) is 13.1 Å². The molecule has 0 aliphatic heterocycles. The quantitative estimate of drug-likeness (QED) is 0.734. The molecule has 1 aliphatic rings. The zero-order chi connectivity index (χ0) is 16.7. The van der Waals surface area contributed by atoms with E-state index in [1.54, 1.807) is 4.90 Å². The average Bonchev–Trinajstić information content (AvgIpc) is 3.33. The minimum atomic E-state index is -0.150. The van der Waals surface area contributed by atoms with Gasteiger partial charge in [-0.2, -0.15) is 0 Å². The van der Waals surface area contributed by atoms with Crippen molar-refractivity contribution in [3.63, 3.8) is 0 Å². The maximum atomic E-state index is 12.3. The van der Waals surface area contributed by atoms with Crippen LogP contribution in [-0.4, -0.2) is 42.9 Å². The first kappa shape index (κ1) is 17.5. The van der Waals surface area contributed by atoms with Crippen LogP contribution < -0.4 is 10.6 Å². The van der Waals surface area contributed by atoms with Crippen molar-refractivity contribution in [1.29, 1.82) is 0 Å². The van der Waals surface area contributed by atoms with Gasteiger partial charge in [-0.3, -0.25) is 9.59 Å². The van der Waals surface area contributed by atoms with Crippen LogP contribution in [0.2, 0.25) is 0 Å². The SMILES string of the molecule is CCCN(CC(=O)Nc1ccccc1C)C(=O)CNCC1CC1. The van der Waals surface area contributed by atoms with E-state index in [1.165, 1.54) is 12.8 Å². The van der Waals surface area contributed by atoms with Crippen molar-refractivity contribution in [2.75, 3.05) is 31.5 Å². The van der Waals surface area contributed by atoms with Crippen LogP contribution >= 0.6 is 0 Å². The van der Waals surface area contributed by atoms with Gasteiger partial charge in [0.1, 0.15) is 0 Å². The van der Waals surface area contributed by atoms with Crippen LogP contribution in [0.25, 0.3) is 0 Å². The molecule has 0 atom stereocenters. The molecule has 0 heterocycles. The number of para-hydroxylation sites is 1. The Labute approximate surface area is 138 Å². The van der Waals surface area contributed by atoms with Gasteiger partial charge >= 0.3 is 0 Å². The lowest BCUT2D eigenvalue weighted by Crippen LogP contribution is -2.43. The number of nitrogens with zero attached hydrogens (tertiary/aromatic N) is 1. The molecular formula is C18H27N3O2. The first-order valence-corrected chi connectivity index (χ1v) is 8.44. The van der Waals surface area contributed by atoms with E-state index in [9.17, 15) is 9.59 Å². The summed E-state index contributed by atoms with van der Waals surface area (Å²) in [6.07, 6.45) is 3.36. The van der Waals surface area contributed by atoms with Crippen molar-refractivity contribution < 1.29 is 9.59 Å². The second kappa shape index (κ2) is 8.67. The van der Waals surface area contributed by atoms with Gasteiger partial charge in [0, 0.05) is 12.2 Å². The number of hydrogen-bond donors (Lipinski definition) is 2. The zero-order valence-corrected chi connectivity index (χ0v) is 14.1. The van der Waals surface area contributed by atoms with Crippen LogP contribution in [0.4, 0.5) is 5.69 Å². The molecule has 2 N–H and O–H groups in total. The van der Waals surface area contributed by atoms with E-state index in [0.29, 0.717) is 13.1 Å². The largest absolute Gasteiger partial charge is 0.332 e. The highest BCUT2D eigenvalue weighted by Crippen LogP contribution is 2.27. The summed E-state index contributed by atoms with van der Waals surface area (Å²) in [7, 11) is 0. The summed E-state index contributed by atoms with van der Waals surface area (Å²) in [6.45, 7) is 5.88. The Bertz CT molecular complexity index is 541. The Morgan fingerprint density at radius 2 is 2.00 bits per heavy atom. The lowest BCUT2D eigenvalue weighted by atomic mass is 10.2. The van der Waals surface area contributed by atoms with Crippen molar-refractivity contribution in [1.82, 2.24) is 10.2 Å². The highest BCUT2D eigenvalue weighted by molar-refractivity contribution is 5.95. The van der Waals surface area contributed by atoms with Gasteiger partial charge in [0.15, 0.2) is 0 Å². The second-order valence-corrected chi connectivity index (χ2v) is 6.25. The fraction of sp³-hybridized carbons (Fsp3) is 0.556. The molecular weight excluding hydrogens is 290 g/mol. The molecule has 126 valence electrons. The topological polar surface area (TPSA) is 61.4 Å². The third-order valence-corrected chi connectivity index (χ3v) is 4.01. The summed E-state index contributed by atoms with van der Waals surface area (Å²) in [5, 5.41) is 6.08. The molecule has 5 nitrogen and oxygen atoms in total. The zero-order valence-electron chi connectivity index (χ0n) is 14.1. The third kappa shape index (κ3) is 6.02. The van der Waals surface area contributed by atoms with Crippen LogP contribution in [0.3, 0.4) is 0 Å². The molecule has 0 saturated heterocycles. The van der Waals surface area contributed by atoms with Gasteiger partial charge < -0.3 is 15.5 Å². The Kier molecular flexibility index (Phi) is 6.59. The molecule has 1 aromatic rings. The number of nitrogens with one attached hydrogen (secondary N) is 2. The van der Waals surface area contributed by atoms with Crippen LogP contribution in [0.1, 0.15) is 31.7 Å². The predicted octanol–water partition coefficient (Wildman–Crippen LogP) is 2.17. The van der Waals surface area contributed by atoms with Gasteiger partial charge in [-0.05, 0) is 50.3 Å². The maximum absolute atomic E-state index is 12.3. The molecule has 1 fully saturated rings. The standard InChI is InChI=1S/C18H27N3O2/c1-3-10-21(18(23)12-19-11-15-8-9-15)13-17(22)20-16-7-5-4-6-14(16)2/h4-7,15,19H,3,8-13H2,1-2H3,(H,20,22). The van der Waals surface area contributed by atoms with Crippen molar-refractivity contribution in [3.05, 3.63) is 29.8 Å². The Morgan fingerprint density at radius 3 is 2.65 bits per heavy atom. The minimum absolute atomic E-state index is 0.00701. The summed E-state index contributed by atoms with van der Waals surface area (Å²) in [6, 6.07) is 7.64. The first-order chi connectivity index (χ1) is 11.1. The van der Waals surface area contributed by atoms with E-state index in [4.69, 9.17) is 0 Å². The molecule has 1 aliphatic carbocycles. The number of aryl methyl sites for hydroxylation is 1. The number of hydrogen-bond acceptors (Lipinski definition) is 3. The fourth-order valence-corrected chi connectivity index (χ4v) is 2.46. The predicted molar refractivity (Wildman–Crippen MR) is 92.3 cm³/mol. The molecule has 0 bridgehead atoms. The number of benzene rings is 1. The Morgan fingerprint density at radius 1 is 1.26 bits per heavy atom. The number of rotatable bonds is 9. The van der Waals surface area contributed by atoms with Gasteiger partial charge in [0.2, 0.25) is 11.8 Å². The maximum Gasteiger partial charge on any atom is 0.244 e. The average molecular weight is 317 g/mol. The minimum Gasteiger partial charge on any atom is -0.332 e.